The van der Waals surface area contributed by atoms with Gasteiger partial charge in [0.25, 0.3) is 0 Å². The highest BCUT2D eigenvalue weighted by Gasteiger charge is 2.13. The summed E-state index contributed by atoms with van der Waals surface area (Å²) in [6.45, 7) is 3.41. The van der Waals surface area contributed by atoms with Crippen LogP contribution in [0, 0.1) is 12.7 Å². The normalized spacial score (nSPS) is 10.8. The zero-order valence-electron chi connectivity index (χ0n) is 11.4. The van der Waals surface area contributed by atoms with Gasteiger partial charge in [-0.1, -0.05) is 13.3 Å². The molecule has 5 nitrogen and oxygen atoms in total. The van der Waals surface area contributed by atoms with Gasteiger partial charge in [0.15, 0.2) is 0 Å². The van der Waals surface area contributed by atoms with Crippen LogP contribution in [0.25, 0.3) is 11.4 Å². The molecule has 20 heavy (non-hydrogen) atoms. The van der Waals surface area contributed by atoms with Gasteiger partial charge in [0, 0.05) is 5.69 Å². The number of aryl methyl sites for hydroxylation is 2. The van der Waals surface area contributed by atoms with Crippen LogP contribution in [0.15, 0.2) is 18.2 Å². The number of nitrogens with zero attached hydrogens (tertiary/aromatic N) is 3. The second-order valence-corrected chi connectivity index (χ2v) is 4.59. The standard InChI is InChI=1S/C14H16FN3O2/c1-3-4-10-7-13(17-18(10)8-14(19)20)12-6-5-11(15)9(2)16-12/h5-7H,3-4,8H2,1-2H3,(H,19,20). The fraction of sp³-hybridized carbons (Fsp3) is 0.357. The van der Waals surface area contributed by atoms with Crippen LogP contribution in [-0.4, -0.2) is 25.8 Å². The molecule has 0 saturated carbocycles. The molecule has 0 bridgehead atoms. The highest BCUT2D eigenvalue weighted by Crippen LogP contribution is 2.19. The van der Waals surface area contributed by atoms with Crippen LogP contribution >= 0.6 is 0 Å². The Morgan fingerprint density at radius 3 is 2.75 bits per heavy atom. The Balaban J connectivity index is 2.40. The van der Waals surface area contributed by atoms with Gasteiger partial charge in [-0.15, -0.1) is 0 Å². The maximum absolute atomic E-state index is 13.2. The number of aliphatic carboxylic acids is 1. The zero-order chi connectivity index (χ0) is 14.7. The molecule has 6 heteroatoms. The first-order valence-electron chi connectivity index (χ1n) is 6.43. The molecule has 2 rings (SSSR count). The number of carboxylic acids is 1. The summed E-state index contributed by atoms with van der Waals surface area (Å²) in [7, 11) is 0. The Morgan fingerprint density at radius 1 is 1.40 bits per heavy atom. The smallest absolute Gasteiger partial charge is 0.325 e. The summed E-state index contributed by atoms with van der Waals surface area (Å²) in [5, 5.41) is 13.2. The summed E-state index contributed by atoms with van der Waals surface area (Å²) >= 11 is 0. The van der Waals surface area contributed by atoms with Gasteiger partial charge < -0.3 is 5.11 Å². The van der Waals surface area contributed by atoms with Gasteiger partial charge in [-0.25, -0.2) is 9.37 Å². The molecule has 2 aromatic rings. The third kappa shape index (κ3) is 3.01. The van der Waals surface area contributed by atoms with E-state index in [1.165, 1.54) is 10.7 Å². The van der Waals surface area contributed by atoms with Crippen molar-refractivity contribution in [1.82, 2.24) is 14.8 Å². The Kier molecular flexibility index (Phi) is 4.12. The van der Waals surface area contributed by atoms with Crippen LogP contribution in [0.4, 0.5) is 4.39 Å². The van der Waals surface area contributed by atoms with E-state index in [2.05, 4.69) is 10.1 Å². The van der Waals surface area contributed by atoms with Crippen LogP contribution in [0.5, 0.6) is 0 Å². The van der Waals surface area contributed by atoms with Crippen LogP contribution in [0.1, 0.15) is 24.7 Å². The number of aromatic nitrogens is 3. The van der Waals surface area contributed by atoms with Crippen molar-refractivity contribution in [3.63, 3.8) is 0 Å². The Labute approximate surface area is 116 Å². The molecule has 0 unspecified atom stereocenters. The predicted molar refractivity (Wildman–Crippen MR) is 71.8 cm³/mol. The van der Waals surface area contributed by atoms with Crippen molar-refractivity contribution in [2.75, 3.05) is 0 Å². The van der Waals surface area contributed by atoms with Crippen molar-refractivity contribution in [3.05, 3.63) is 35.4 Å². The van der Waals surface area contributed by atoms with E-state index in [1.54, 1.807) is 13.0 Å². The molecule has 1 N–H and O–H groups in total. The molecule has 0 amide bonds. The van der Waals surface area contributed by atoms with Crippen molar-refractivity contribution in [2.24, 2.45) is 0 Å². The number of hydrogen-bond donors (Lipinski definition) is 1. The second-order valence-electron chi connectivity index (χ2n) is 4.59. The minimum Gasteiger partial charge on any atom is -0.480 e. The molecule has 0 aliphatic rings. The topological polar surface area (TPSA) is 68.0 Å². The maximum atomic E-state index is 13.2. The summed E-state index contributed by atoms with van der Waals surface area (Å²) in [6.07, 6.45) is 1.63. The fourth-order valence-electron chi connectivity index (χ4n) is 1.99. The van der Waals surface area contributed by atoms with Gasteiger partial charge in [0.1, 0.15) is 18.1 Å². The first-order valence-corrected chi connectivity index (χ1v) is 6.43. The Bertz CT molecular complexity index is 637. The summed E-state index contributed by atoms with van der Waals surface area (Å²) in [4.78, 5) is 15.0. The van der Waals surface area contributed by atoms with E-state index in [-0.39, 0.29) is 12.4 Å². The van der Waals surface area contributed by atoms with Crippen LogP contribution in [0.2, 0.25) is 0 Å². The number of carbonyl (C=O) groups is 1. The lowest BCUT2D eigenvalue weighted by atomic mass is 10.2. The van der Waals surface area contributed by atoms with Gasteiger partial charge >= 0.3 is 5.97 Å². The van der Waals surface area contributed by atoms with Crippen LogP contribution in [-0.2, 0) is 17.8 Å². The van der Waals surface area contributed by atoms with Crippen LogP contribution < -0.4 is 0 Å². The molecule has 0 aliphatic carbocycles. The van der Waals surface area contributed by atoms with Gasteiger partial charge in [-0.2, -0.15) is 5.10 Å². The molecule has 0 fully saturated rings. The number of rotatable bonds is 5. The first-order chi connectivity index (χ1) is 9.51. The lowest BCUT2D eigenvalue weighted by Crippen LogP contribution is -2.13. The highest BCUT2D eigenvalue weighted by atomic mass is 19.1. The van der Waals surface area contributed by atoms with E-state index in [0.29, 0.717) is 17.1 Å². The van der Waals surface area contributed by atoms with Crippen molar-refractivity contribution >= 4 is 5.97 Å². The third-order valence-electron chi connectivity index (χ3n) is 2.94. The van der Waals surface area contributed by atoms with E-state index in [1.807, 2.05) is 13.0 Å². The molecule has 0 aromatic carbocycles. The molecular formula is C14H16FN3O2. The maximum Gasteiger partial charge on any atom is 0.325 e. The third-order valence-corrected chi connectivity index (χ3v) is 2.94. The first kappa shape index (κ1) is 14.2. The lowest BCUT2D eigenvalue weighted by molar-refractivity contribution is -0.137. The molecular weight excluding hydrogens is 261 g/mol. The average Bonchev–Trinajstić information content (AvgIpc) is 2.76. The molecule has 0 aliphatic heterocycles. The van der Waals surface area contributed by atoms with E-state index in [9.17, 15) is 9.18 Å². The quantitative estimate of drug-likeness (QED) is 0.911. The summed E-state index contributed by atoms with van der Waals surface area (Å²) in [6, 6.07) is 4.70. The average molecular weight is 277 g/mol. The lowest BCUT2D eigenvalue weighted by Gasteiger charge is -2.02. The predicted octanol–water partition coefficient (Wildman–Crippen LogP) is 2.43. The Hall–Kier alpha value is -2.24. The number of pyridine rings is 1. The van der Waals surface area contributed by atoms with E-state index >= 15 is 0 Å². The molecule has 106 valence electrons. The molecule has 0 atom stereocenters. The monoisotopic (exact) mass is 277 g/mol. The van der Waals surface area contributed by atoms with Crippen molar-refractivity contribution in [2.45, 2.75) is 33.2 Å². The largest absolute Gasteiger partial charge is 0.480 e. The highest BCUT2D eigenvalue weighted by molar-refractivity contribution is 5.67. The number of carboxylic acid groups (broad SMARTS) is 1. The van der Waals surface area contributed by atoms with E-state index in [4.69, 9.17) is 5.11 Å². The van der Waals surface area contributed by atoms with Crippen molar-refractivity contribution < 1.29 is 14.3 Å². The molecule has 2 aromatic heterocycles. The van der Waals surface area contributed by atoms with E-state index in [0.717, 1.165) is 18.5 Å². The number of halogens is 1. The van der Waals surface area contributed by atoms with Crippen molar-refractivity contribution in [1.29, 1.82) is 0 Å². The molecule has 2 heterocycles. The van der Waals surface area contributed by atoms with Crippen molar-refractivity contribution in [3.8, 4) is 11.4 Å². The van der Waals surface area contributed by atoms with Gasteiger partial charge in [0.05, 0.1) is 11.4 Å². The SMILES string of the molecule is CCCc1cc(-c2ccc(F)c(C)n2)nn1CC(=O)O. The van der Waals surface area contributed by atoms with E-state index < -0.39 is 5.97 Å². The molecule has 0 saturated heterocycles. The minimum atomic E-state index is -0.944. The zero-order valence-corrected chi connectivity index (χ0v) is 11.4. The van der Waals surface area contributed by atoms with Crippen LogP contribution in [0.3, 0.4) is 0 Å². The Morgan fingerprint density at radius 2 is 2.15 bits per heavy atom. The van der Waals surface area contributed by atoms with Gasteiger partial charge in [-0.3, -0.25) is 9.48 Å². The minimum absolute atomic E-state index is 0.185. The summed E-state index contributed by atoms with van der Waals surface area (Å²) in [5.41, 5.74) is 2.25. The van der Waals surface area contributed by atoms with Gasteiger partial charge in [0.2, 0.25) is 0 Å². The summed E-state index contributed by atoms with van der Waals surface area (Å²) < 4.78 is 14.7. The molecule has 0 radical (unpaired) electrons. The molecule has 0 spiro atoms. The number of hydrogen-bond acceptors (Lipinski definition) is 3. The summed E-state index contributed by atoms with van der Waals surface area (Å²) in [5.74, 6) is -1.31. The second kappa shape index (κ2) is 5.81. The van der Waals surface area contributed by atoms with Gasteiger partial charge in [-0.05, 0) is 31.5 Å². The fourth-order valence-corrected chi connectivity index (χ4v) is 1.99.